The Hall–Kier alpha value is -4.76. The second kappa shape index (κ2) is 12.3. The van der Waals surface area contributed by atoms with Crippen molar-refractivity contribution in [1.29, 1.82) is 0 Å². The second-order valence-corrected chi connectivity index (χ2v) is 10.5. The van der Waals surface area contributed by atoms with Crippen LogP contribution in [-0.4, -0.2) is 36.6 Å². The highest BCUT2D eigenvalue weighted by molar-refractivity contribution is 5.78. The number of carbonyl (C=O) groups excluding carboxylic acids is 2. The van der Waals surface area contributed by atoms with Crippen molar-refractivity contribution in [2.24, 2.45) is 5.73 Å². The van der Waals surface area contributed by atoms with Crippen molar-refractivity contribution in [2.75, 3.05) is 0 Å². The molecule has 2 amide bonds. The molecule has 45 heavy (non-hydrogen) atoms. The first-order valence-corrected chi connectivity index (χ1v) is 13.5. The second-order valence-electron chi connectivity index (χ2n) is 10.5. The monoisotopic (exact) mass is 632 g/mol. The van der Waals surface area contributed by atoms with Gasteiger partial charge in [0.25, 0.3) is 0 Å². The van der Waals surface area contributed by atoms with Crippen molar-refractivity contribution in [2.45, 2.75) is 51.4 Å². The number of nitrogens with zero attached hydrogens (tertiary/aromatic N) is 4. The summed E-state index contributed by atoms with van der Waals surface area (Å²) in [5.41, 5.74) is 4.89. The molecule has 0 bridgehead atoms. The Kier molecular flexibility index (Phi) is 8.67. The molecule has 2 aromatic heterocycles. The van der Waals surface area contributed by atoms with Crippen LogP contribution in [0.4, 0.5) is 26.3 Å². The van der Waals surface area contributed by atoms with Crippen LogP contribution >= 0.6 is 0 Å². The standard InChI is InChI=1S/C30H26F6N6O3/c1-15(43)41-12-22-25(13-41)42(40-28(22)30(34,35)36)14-26(44)39-24(9-16-7-18(31)11-19(32)8-16)27-20(3-2-6-38-27)17-4-5-23(33)21(10-17)29(37)45/h2-8,10-11,24,29,45H,9,12-14,37H2,1H3,(H,39,44)/t24-,29?/m0/s1. The maximum Gasteiger partial charge on any atom is 0.435 e. The van der Waals surface area contributed by atoms with Crippen molar-refractivity contribution in [3.63, 3.8) is 0 Å². The Morgan fingerprint density at radius 3 is 2.42 bits per heavy atom. The lowest BCUT2D eigenvalue weighted by atomic mass is 9.94. The highest BCUT2D eigenvalue weighted by atomic mass is 19.4. The number of alkyl halides is 3. The molecule has 1 aliphatic heterocycles. The molecule has 5 rings (SSSR count). The first-order valence-electron chi connectivity index (χ1n) is 13.5. The lowest BCUT2D eigenvalue weighted by Crippen LogP contribution is -2.34. The average molecular weight is 633 g/mol. The van der Waals surface area contributed by atoms with Crippen LogP contribution in [0.25, 0.3) is 11.1 Å². The van der Waals surface area contributed by atoms with Crippen molar-refractivity contribution < 1.29 is 41.0 Å². The minimum Gasteiger partial charge on any atom is -0.374 e. The van der Waals surface area contributed by atoms with Crippen LogP contribution in [0.3, 0.4) is 0 Å². The smallest absolute Gasteiger partial charge is 0.374 e. The number of aromatic nitrogens is 3. The zero-order chi connectivity index (χ0) is 32.6. The molecule has 2 aromatic carbocycles. The van der Waals surface area contributed by atoms with E-state index in [0.717, 1.165) is 22.9 Å². The molecule has 0 saturated carbocycles. The molecule has 1 aliphatic rings. The molecule has 0 aliphatic carbocycles. The van der Waals surface area contributed by atoms with E-state index in [1.54, 1.807) is 12.1 Å². The normalized spacial score (nSPS) is 14.3. The largest absolute Gasteiger partial charge is 0.435 e. The van der Waals surface area contributed by atoms with E-state index >= 15 is 0 Å². The number of benzene rings is 2. The van der Waals surface area contributed by atoms with E-state index in [0.29, 0.717) is 17.2 Å². The highest BCUT2D eigenvalue weighted by Gasteiger charge is 2.42. The van der Waals surface area contributed by atoms with Gasteiger partial charge in [-0.1, -0.05) is 12.1 Å². The predicted molar refractivity (Wildman–Crippen MR) is 147 cm³/mol. The van der Waals surface area contributed by atoms with Crippen LogP contribution in [0.1, 0.15) is 53.0 Å². The Labute approximate surface area is 252 Å². The van der Waals surface area contributed by atoms with Crippen molar-refractivity contribution in [3.05, 3.63) is 106 Å². The number of pyridine rings is 1. The van der Waals surface area contributed by atoms with Gasteiger partial charge >= 0.3 is 6.18 Å². The first-order chi connectivity index (χ1) is 21.2. The minimum atomic E-state index is -4.84. The number of carbonyl (C=O) groups is 2. The maximum atomic E-state index is 14.3. The Balaban J connectivity index is 1.52. The zero-order valence-electron chi connectivity index (χ0n) is 23.6. The van der Waals surface area contributed by atoms with Gasteiger partial charge in [0.2, 0.25) is 11.8 Å². The van der Waals surface area contributed by atoms with Gasteiger partial charge in [-0.15, -0.1) is 0 Å². The number of hydrogen-bond donors (Lipinski definition) is 3. The molecular formula is C30H26F6N6O3. The number of aliphatic hydroxyl groups is 1. The summed E-state index contributed by atoms with van der Waals surface area (Å²) < 4.78 is 84.7. The Bertz CT molecular complexity index is 1750. The van der Waals surface area contributed by atoms with Gasteiger partial charge in [0.05, 0.1) is 30.5 Å². The number of nitrogens with two attached hydrogens (primary N) is 1. The molecule has 4 aromatic rings. The SMILES string of the molecule is CC(=O)N1Cc2c(C(F)(F)F)nn(CC(=O)N[C@@H](Cc3cc(F)cc(F)c3)c3ncccc3-c3ccc(F)c(C(N)O)c3)c2C1. The van der Waals surface area contributed by atoms with Crippen LogP contribution in [0.5, 0.6) is 0 Å². The third kappa shape index (κ3) is 6.83. The first kappa shape index (κ1) is 31.7. The molecule has 0 radical (unpaired) electrons. The Morgan fingerprint density at radius 1 is 1.07 bits per heavy atom. The molecule has 0 fully saturated rings. The van der Waals surface area contributed by atoms with Crippen LogP contribution in [0.15, 0.2) is 54.7 Å². The molecule has 236 valence electrons. The maximum absolute atomic E-state index is 14.3. The number of amides is 2. The van der Waals surface area contributed by atoms with Gasteiger partial charge < -0.3 is 21.1 Å². The van der Waals surface area contributed by atoms with Gasteiger partial charge in [0, 0.05) is 35.9 Å². The fourth-order valence-corrected chi connectivity index (χ4v) is 5.32. The van der Waals surface area contributed by atoms with Gasteiger partial charge in [0.1, 0.15) is 30.2 Å². The summed E-state index contributed by atoms with van der Waals surface area (Å²) in [7, 11) is 0. The summed E-state index contributed by atoms with van der Waals surface area (Å²) >= 11 is 0. The number of fused-ring (bicyclic) bond motifs is 1. The van der Waals surface area contributed by atoms with Gasteiger partial charge in [-0.25, -0.2) is 13.2 Å². The summed E-state index contributed by atoms with van der Waals surface area (Å²) in [6.45, 7) is 0.0350. The van der Waals surface area contributed by atoms with Crippen LogP contribution in [0, 0.1) is 17.5 Å². The molecule has 3 heterocycles. The molecular weight excluding hydrogens is 606 g/mol. The fraction of sp³-hybridized carbons (Fsp3) is 0.267. The number of hydrogen-bond acceptors (Lipinski definition) is 6. The number of rotatable bonds is 8. The number of aliphatic hydroxyl groups excluding tert-OH is 1. The molecule has 2 atom stereocenters. The molecule has 0 spiro atoms. The van der Waals surface area contributed by atoms with Gasteiger partial charge in [-0.3, -0.25) is 19.3 Å². The molecule has 9 nitrogen and oxygen atoms in total. The van der Waals surface area contributed by atoms with Gasteiger partial charge in [0.15, 0.2) is 5.69 Å². The van der Waals surface area contributed by atoms with E-state index in [-0.39, 0.29) is 47.6 Å². The quantitative estimate of drug-likeness (QED) is 0.197. The third-order valence-electron chi connectivity index (χ3n) is 7.35. The van der Waals surface area contributed by atoms with E-state index in [4.69, 9.17) is 5.73 Å². The summed E-state index contributed by atoms with van der Waals surface area (Å²) in [6, 6.07) is 8.55. The summed E-state index contributed by atoms with van der Waals surface area (Å²) in [5, 5.41) is 16.1. The highest BCUT2D eigenvalue weighted by Crippen LogP contribution is 2.37. The van der Waals surface area contributed by atoms with E-state index in [1.807, 2.05) is 0 Å². The third-order valence-corrected chi connectivity index (χ3v) is 7.35. The number of nitrogens with one attached hydrogen (secondary N) is 1. The van der Waals surface area contributed by atoms with Gasteiger partial charge in [-0.2, -0.15) is 18.3 Å². The molecule has 15 heteroatoms. The predicted octanol–water partition coefficient (Wildman–Crippen LogP) is 4.29. The lowest BCUT2D eigenvalue weighted by molar-refractivity contribution is -0.143. The summed E-state index contributed by atoms with van der Waals surface area (Å²) in [5.74, 6) is -3.79. The van der Waals surface area contributed by atoms with E-state index < -0.39 is 60.0 Å². The zero-order valence-corrected chi connectivity index (χ0v) is 23.6. The lowest BCUT2D eigenvalue weighted by Gasteiger charge is -2.22. The summed E-state index contributed by atoms with van der Waals surface area (Å²) in [4.78, 5) is 30.9. The topological polar surface area (TPSA) is 126 Å². The Morgan fingerprint density at radius 2 is 1.78 bits per heavy atom. The van der Waals surface area contributed by atoms with E-state index in [1.165, 1.54) is 30.2 Å². The van der Waals surface area contributed by atoms with Gasteiger partial charge in [-0.05, 0) is 47.9 Å². The van der Waals surface area contributed by atoms with E-state index in [2.05, 4.69) is 15.4 Å². The fourth-order valence-electron chi connectivity index (χ4n) is 5.32. The van der Waals surface area contributed by atoms with E-state index in [9.17, 15) is 41.0 Å². The summed E-state index contributed by atoms with van der Waals surface area (Å²) in [6.07, 6.45) is -5.30. The van der Waals surface area contributed by atoms with Crippen LogP contribution < -0.4 is 11.1 Å². The molecule has 0 saturated heterocycles. The number of halogens is 6. The van der Waals surface area contributed by atoms with Crippen molar-refractivity contribution >= 4 is 11.8 Å². The van der Waals surface area contributed by atoms with Crippen LogP contribution in [0.2, 0.25) is 0 Å². The van der Waals surface area contributed by atoms with Crippen molar-refractivity contribution in [1.82, 2.24) is 25.0 Å². The van der Waals surface area contributed by atoms with Crippen molar-refractivity contribution in [3.8, 4) is 11.1 Å². The molecule has 1 unspecified atom stereocenters. The average Bonchev–Trinajstić information content (AvgIpc) is 3.53. The molecule has 4 N–H and O–H groups in total. The minimum absolute atomic E-state index is 0.0501. The van der Waals surface area contributed by atoms with Crippen LogP contribution in [-0.2, 0) is 41.8 Å².